The first-order valence-corrected chi connectivity index (χ1v) is 10.3. The van der Waals surface area contributed by atoms with E-state index in [1.54, 1.807) is 24.5 Å². The van der Waals surface area contributed by atoms with E-state index in [1.165, 1.54) is 5.06 Å². The molecule has 1 amide bonds. The van der Waals surface area contributed by atoms with Gasteiger partial charge in [0.2, 0.25) is 11.9 Å². The minimum absolute atomic E-state index is 0.190. The number of hydroxylamine groups is 1. The number of nitrogen functional groups attached to an aromatic ring is 1. The molecule has 0 radical (unpaired) electrons. The molecular formula is C21H22N8O3. The van der Waals surface area contributed by atoms with Crippen LogP contribution >= 0.6 is 0 Å². The number of nitrogens with one attached hydrogen (secondary N) is 1. The van der Waals surface area contributed by atoms with Gasteiger partial charge in [0.25, 0.3) is 0 Å². The second-order valence-corrected chi connectivity index (χ2v) is 7.33. The lowest BCUT2D eigenvalue weighted by molar-refractivity contribution is 0.122. The summed E-state index contributed by atoms with van der Waals surface area (Å²) >= 11 is 0. The van der Waals surface area contributed by atoms with Gasteiger partial charge in [0.1, 0.15) is 0 Å². The molecule has 0 saturated carbocycles. The van der Waals surface area contributed by atoms with E-state index in [1.807, 2.05) is 23.1 Å². The van der Waals surface area contributed by atoms with Crippen molar-refractivity contribution in [1.82, 2.24) is 19.9 Å². The van der Waals surface area contributed by atoms with Crippen LogP contribution in [0.5, 0.6) is 0 Å². The molecule has 0 aliphatic carbocycles. The normalized spacial score (nSPS) is 15.4. The molecule has 1 aromatic carbocycles. The fourth-order valence-electron chi connectivity index (χ4n) is 3.67. The van der Waals surface area contributed by atoms with Gasteiger partial charge in [0.15, 0.2) is 5.82 Å². The van der Waals surface area contributed by atoms with E-state index in [0.717, 1.165) is 11.1 Å². The Bertz CT molecular complexity index is 1100. The maximum absolute atomic E-state index is 12.5. The molecule has 164 valence electrons. The summed E-state index contributed by atoms with van der Waals surface area (Å²) in [6, 6.07) is 9.13. The number of hydrogen-bond acceptors (Lipinski definition) is 10. The summed E-state index contributed by atoms with van der Waals surface area (Å²) in [5.41, 5.74) is 8.59. The second-order valence-electron chi connectivity index (χ2n) is 7.33. The molecule has 0 spiro atoms. The number of amides is 1. The number of rotatable bonds is 4. The Morgan fingerprint density at radius 3 is 2.56 bits per heavy atom. The smallest absolute Gasteiger partial charge is 0.378 e. The molecular weight excluding hydrogens is 412 g/mol. The first-order valence-electron chi connectivity index (χ1n) is 10.3. The monoisotopic (exact) mass is 434 g/mol. The lowest BCUT2D eigenvalue weighted by Gasteiger charge is -2.28. The second kappa shape index (κ2) is 8.63. The van der Waals surface area contributed by atoms with E-state index in [4.69, 9.17) is 25.3 Å². The Morgan fingerprint density at radius 1 is 1.06 bits per heavy atom. The number of hydrogen-bond donors (Lipinski definition) is 2. The number of nitrogens with zero attached hydrogens (tertiary/aromatic N) is 6. The topological polar surface area (TPSA) is 132 Å². The summed E-state index contributed by atoms with van der Waals surface area (Å²) in [5.74, 6) is 1.28. The molecule has 0 unspecified atom stereocenters. The van der Waals surface area contributed by atoms with Gasteiger partial charge in [-0.3, -0.25) is 5.32 Å². The van der Waals surface area contributed by atoms with E-state index in [9.17, 15) is 4.79 Å². The molecule has 3 N–H and O–H groups in total. The zero-order chi connectivity index (χ0) is 21.9. The van der Waals surface area contributed by atoms with Gasteiger partial charge in [0.05, 0.1) is 25.5 Å². The molecule has 11 nitrogen and oxygen atoms in total. The largest absolute Gasteiger partial charge is 0.436 e. The summed E-state index contributed by atoms with van der Waals surface area (Å²) < 4.78 is 5.45. The van der Waals surface area contributed by atoms with Gasteiger partial charge in [0, 0.05) is 42.3 Å². The van der Waals surface area contributed by atoms with Crippen molar-refractivity contribution in [1.29, 1.82) is 0 Å². The van der Waals surface area contributed by atoms with Crippen molar-refractivity contribution in [2.75, 3.05) is 53.9 Å². The predicted molar refractivity (Wildman–Crippen MR) is 118 cm³/mol. The van der Waals surface area contributed by atoms with Gasteiger partial charge in [-0.2, -0.15) is 10.0 Å². The summed E-state index contributed by atoms with van der Waals surface area (Å²) in [6.07, 6.45) is 3.30. The van der Waals surface area contributed by atoms with Crippen LogP contribution in [0.2, 0.25) is 0 Å². The van der Waals surface area contributed by atoms with E-state index in [2.05, 4.69) is 15.3 Å². The Hall–Kier alpha value is -3.99. The number of morpholine rings is 1. The maximum Gasteiger partial charge on any atom is 0.436 e. The van der Waals surface area contributed by atoms with E-state index in [-0.39, 0.29) is 5.95 Å². The van der Waals surface area contributed by atoms with Crippen molar-refractivity contribution in [3.8, 4) is 11.3 Å². The molecule has 3 aromatic rings. The van der Waals surface area contributed by atoms with Crippen LogP contribution in [-0.2, 0) is 16.0 Å². The summed E-state index contributed by atoms with van der Waals surface area (Å²) in [7, 11) is 0. The number of benzene rings is 1. The van der Waals surface area contributed by atoms with Gasteiger partial charge in [-0.15, -0.1) is 0 Å². The molecule has 0 atom stereocenters. The highest BCUT2D eigenvalue weighted by Crippen LogP contribution is 2.35. The first-order chi connectivity index (χ1) is 15.7. The third-order valence-corrected chi connectivity index (χ3v) is 5.23. The van der Waals surface area contributed by atoms with Crippen LogP contribution in [0, 0.1) is 0 Å². The molecule has 11 heteroatoms. The molecule has 2 aliphatic rings. The Labute approximate surface area is 184 Å². The number of fused-ring (bicyclic) bond motifs is 1. The van der Waals surface area contributed by atoms with Crippen LogP contribution in [0.25, 0.3) is 11.3 Å². The van der Waals surface area contributed by atoms with Gasteiger partial charge in [-0.25, -0.2) is 19.7 Å². The van der Waals surface area contributed by atoms with Crippen molar-refractivity contribution < 1.29 is 14.4 Å². The van der Waals surface area contributed by atoms with Crippen LogP contribution in [0.4, 0.5) is 28.2 Å². The quantitative estimate of drug-likeness (QED) is 0.627. The van der Waals surface area contributed by atoms with Crippen molar-refractivity contribution in [2.24, 2.45) is 0 Å². The average Bonchev–Trinajstić information content (AvgIpc) is 3.23. The number of ether oxygens (including phenoxy) is 1. The number of anilines is 4. The highest BCUT2D eigenvalue weighted by molar-refractivity contribution is 5.85. The molecule has 1 saturated heterocycles. The molecule has 2 aromatic heterocycles. The molecule has 1 fully saturated rings. The summed E-state index contributed by atoms with van der Waals surface area (Å²) in [4.78, 5) is 37.9. The average molecular weight is 434 g/mol. The van der Waals surface area contributed by atoms with Gasteiger partial charge < -0.3 is 20.2 Å². The summed E-state index contributed by atoms with van der Waals surface area (Å²) in [6.45, 7) is 3.00. The summed E-state index contributed by atoms with van der Waals surface area (Å²) in [5, 5.41) is 4.22. The molecule has 32 heavy (non-hydrogen) atoms. The number of aromatic nitrogens is 4. The van der Waals surface area contributed by atoms with Crippen molar-refractivity contribution >= 4 is 29.5 Å². The Morgan fingerprint density at radius 2 is 1.81 bits per heavy atom. The first kappa shape index (κ1) is 19.9. The van der Waals surface area contributed by atoms with E-state index >= 15 is 0 Å². The van der Waals surface area contributed by atoms with Gasteiger partial charge in [-0.05, 0) is 18.6 Å². The molecule has 2 aliphatic heterocycles. The minimum atomic E-state index is -0.590. The zero-order valence-corrected chi connectivity index (χ0v) is 17.3. The van der Waals surface area contributed by atoms with Gasteiger partial charge >= 0.3 is 6.09 Å². The molecule has 4 heterocycles. The number of carbonyl (C=O) groups is 1. The van der Waals surface area contributed by atoms with Crippen molar-refractivity contribution in [2.45, 2.75) is 6.42 Å². The third-order valence-electron chi connectivity index (χ3n) is 5.23. The fourth-order valence-corrected chi connectivity index (χ4v) is 3.67. The lowest BCUT2D eigenvalue weighted by Crippen LogP contribution is -2.37. The van der Waals surface area contributed by atoms with Crippen LogP contribution < -0.4 is 21.0 Å². The number of para-hydroxylation sites is 1. The van der Waals surface area contributed by atoms with E-state index < -0.39 is 6.09 Å². The standard InChI is InChI=1S/C21H22N8O3/c22-19-23-12-14(13-24-19)17-16-6-7-29(32-21(30)25-15-4-2-1-3-5-15)18(16)27-20(26-17)28-8-10-31-11-9-28/h1-5,12-13H,6-11H2,(H,25,30)(H2,22,23,24). The van der Waals surface area contributed by atoms with E-state index in [0.29, 0.717) is 62.4 Å². The lowest BCUT2D eigenvalue weighted by atomic mass is 10.1. The van der Waals surface area contributed by atoms with Crippen LogP contribution in [-0.4, -0.2) is 58.9 Å². The Kier molecular flexibility index (Phi) is 5.38. The van der Waals surface area contributed by atoms with Crippen molar-refractivity contribution in [3.05, 3.63) is 48.3 Å². The zero-order valence-electron chi connectivity index (χ0n) is 17.3. The van der Waals surface area contributed by atoms with Crippen LogP contribution in [0.15, 0.2) is 42.7 Å². The third kappa shape index (κ3) is 4.10. The van der Waals surface area contributed by atoms with Gasteiger partial charge in [-0.1, -0.05) is 18.2 Å². The highest BCUT2D eigenvalue weighted by atomic mass is 16.7. The fraction of sp³-hybridized carbons (Fsp3) is 0.286. The minimum Gasteiger partial charge on any atom is -0.378 e. The highest BCUT2D eigenvalue weighted by Gasteiger charge is 2.31. The predicted octanol–water partition coefficient (Wildman–Crippen LogP) is 1.88. The van der Waals surface area contributed by atoms with Crippen LogP contribution in [0.3, 0.4) is 0 Å². The SMILES string of the molecule is Nc1ncc(-c2nc(N3CCOCC3)nc3c2CCN3OC(=O)Nc2ccccc2)cn1. The van der Waals surface area contributed by atoms with Crippen molar-refractivity contribution in [3.63, 3.8) is 0 Å². The number of carbonyl (C=O) groups excluding carboxylic acids is 1. The molecule has 0 bridgehead atoms. The number of nitrogens with two attached hydrogens (primary N) is 1. The Balaban J connectivity index is 1.46. The molecule has 5 rings (SSSR count). The van der Waals surface area contributed by atoms with Crippen LogP contribution in [0.1, 0.15) is 5.56 Å². The maximum atomic E-state index is 12.5.